The van der Waals surface area contributed by atoms with Gasteiger partial charge in [0.15, 0.2) is 5.65 Å². The molecule has 0 unspecified atom stereocenters. The van der Waals surface area contributed by atoms with Crippen molar-refractivity contribution in [1.29, 1.82) is 0 Å². The van der Waals surface area contributed by atoms with Crippen molar-refractivity contribution in [2.45, 2.75) is 19.8 Å². The first-order valence-electron chi connectivity index (χ1n) is 9.66. The van der Waals surface area contributed by atoms with Gasteiger partial charge in [0, 0.05) is 28.8 Å². The van der Waals surface area contributed by atoms with E-state index >= 15 is 0 Å². The summed E-state index contributed by atoms with van der Waals surface area (Å²) in [6.07, 6.45) is 1.93. The Labute approximate surface area is 174 Å². The molecule has 0 aliphatic carbocycles. The Hall–Kier alpha value is -3.18. The molecule has 0 fully saturated rings. The number of nitrogens with zero attached hydrogens (tertiary/aromatic N) is 3. The maximum atomic E-state index is 12.9. The van der Waals surface area contributed by atoms with E-state index in [4.69, 9.17) is 16.6 Å². The number of hydrogen-bond donors (Lipinski definition) is 1. The summed E-state index contributed by atoms with van der Waals surface area (Å²) in [5.74, 6) is -0.179. The van der Waals surface area contributed by atoms with Crippen LogP contribution in [-0.2, 0) is 0 Å². The molecule has 5 nitrogen and oxygen atoms in total. The fourth-order valence-corrected chi connectivity index (χ4v) is 3.39. The number of aromatic nitrogens is 3. The van der Waals surface area contributed by atoms with E-state index in [1.807, 2.05) is 60.7 Å². The van der Waals surface area contributed by atoms with Crippen molar-refractivity contribution in [3.05, 3.63) is 77.4 Å². The number of carbonyl (C=O) groups excluding carboxylic acids is 1. The third-order valence-corrected chi connectivity index (χ3v) is 5.02. The van der Waals surface area contributed by atoms with Crippen LogP contribution in [-0.4, -0.2) is 27.0 Å². The quantitative estimate of drug-likeness (QED) is 0.446. The minimum Gasteiger partial charge on any atom is -0.351 e. The van der Waals surface area contributed by atoms with Crippen LogP contribution < -0.4 is 5.32 Å². The van der Waals surface area contributed by atoms with Crippen LogP contribution in [0.3, 0.4) is 0 Å². The monoisotopic (exact) mass is 404 g/mol. The summed E-state index contributed by atoms with van der Waals surface area (Å²) in [5.41, 5.74) is 4.18. The average molecular weight is 405 g/mol. The maximum Gasteiger partial charge on any atom is 0.270 e. The van der Waals surface area contributed by atoms with Crippen LogP contribution in [0.15, 0.2) is 66.7 Å². The van der Waals surface area contributed by atoms with Crippen LogP contribution in [0.1, 0.15) is 30.3 Å². The van der Waals surface area contributed by atoms with E-state index in [1.165, 1.54) is 0 Å². The predicted octanol–water partition coefficient (Wildman–Crippen LogP) is 5.25. The lowest BCUT2D eigenvalue weighted by molar-refractivity contribution is 0.0945. The Balaban J connectivity index is 1.86. The normalized spacial score (nSPS) is 11.0. The minimum atomic E-state index is -0.179. The number of carbonyl (C=O) groups is 1. The smallest absolute Gasteiger partial charge is 0.270 e. The van der Waals surface area contributed by atoms with Crippen molar-refractivity contribution in [2.24, 2.45) is 0 Å². The van der Waals surface area contributed by atoms with Gasteiger partial charge in [0.2, 0.25) is 0 Å². The fraction of sp³-hybridized carbons (Fsp3) is 0.174. The molecule has 1 amide bonds. The molecule has 0 saturated carbocycles. The number of nitrogens with one attached hydrogen (secondary N) is 1. The van der Waals surface area contributed by atoms with Gasteiger partial charge in [-0.1, -0.05) is 73.5 Å². The van der Waals surface area contributed by atoms with Gasteiger partial charge >= 0.3 is 0 Å². The summed E-state index contributed by atoms with van der Waals surface area (Å²) in [7, 11) is 0. The minimum absolute atomic E-state index is 0.179. The van der Waals surface area contributed by atoms with Gasteiger partial charge in [0.05, 0.1) is 11.4 Å². The van der Waals surface area contributed by atoms with Crippen molar-refractivity contribution >= 4 is 23.2 Å². The molecule has 0 saturated heterocycles. The van der Waals surface area contributed by atoms with Crippen molar-refractivity contribution in [3.8, 4) is 22.5 Å². The summed E-state index contributed by atoms with van der Waals surface area (Å²) in [5, 5.41) is 8.21. The summed E-state index contributed by atoms with van der Waals surface area (Å²) in [6.45, 7) is 2.71. The zero-order valence-corrected chi connectivity index (χ0v) is 16.9. The maximum absolute atomic E-state index is 12.9. The predicted molar refractivity (Wildman–Crippen MR) is 116 cm³/mol. The van der Waals surface area contributed by atoms with E-state index in [1.54, 1.807) is 10.6 Å². The van der Waals surface area contributed by atoms with Crippen LogP contribution in [0.25, 0.3) is 28.2 Å². The number of fused-ring (bicyclic) bond motifs is 1. The Morgan fingerprint density at radius 2 is 1.79 bits per heavy atom. The lowest BCUT2D eigenvalue weighted by atomic mass is 10.1. The molecule has 0 aliphatic rings. The molecule has 2 heterocycles. The van der Waals surface area contributed by atoms with Gasteiger partial charge in [0.1, 0.15) is 5.69 Å². The SMILES string of the molecule is CCCCNC(=O)c1cc(-c2ccccc2Cl)nc2cc(-c3ccccc3)nn12. The molecule has 4 aromatic rings. The molecule has 1 N–H and O–H groups in total. The standard InChI is InChI=1S/C23H21ClN4O/c1-2-3-13-25-23(29)21-14-20(17-11-7-8-12-18(17)24)26-22-15-19(27-28(21)22)16-9-5-4-6-10-16/h4-12,14-15H,2-3,13H2,1H3,(H,25,29). The van der Waals surface area contributed by atoms with Gasteiger partial charge < -0.3 is 5.32 Å². The lowest BCUT2D eigenvalue weighted by Gasteiger charge is -2.10. The second kappa shape index (κ2) is 8.45. The summed E-state index contributed by atoms with van der Waals surface area (Å²) in [6, 6.07) is 21.0. The molecule has 2 aromatic carbocycles. The van der Waals surface area contributed by atoms with Gasteiger partial charge in [-0.2, -0.15) is 5.10 Å². The van der Waals surface area contributed by atoms with Crippen LogP contribution in [0.4, 0.5) is 0 Å². The van der Waals surface area contributed by atoms with Gasteiger partial charge in [-0.05, 0) is 18.6 Å². The van der Waals surface area contributed by atoms with Gasteiger partial charge in [-0.3, -0.25) is 4.79 Å². The molecule has 0 bridgehead atoms. The summed E-state index contributed by atoms with van der Waals surface area (Å²) in [4.78, 5) is 17.6. The van der Waals surface area contributed by atoms with E-state index < -0.39 is 0 Å². The number of rotatable bonds is 6. The number of hydrogen-bond acceptors (Lipinski definition) is 3. The first kappa shape index (κ1) is 19.2. The van der Waals surface area contributed by atoms with Gasteiger partial charge in [-0.15, -0.1) is 0 Å². The number of amides is 1. The molecule has 0 radical (unpaired) electrons. The summed E-state index contributed by atoms with van der Waals surface area (Å²) < 4.78 is 1.60. The highest BCUT2D eigenvalue weighted by Crippen LogP contribution is 2.28. The lowest BCUT2D eigenvalue weighted by Crippen LogP contribution is -2.27. The molecule has 4 rings (SSSR count). The molecule has 2 aromatic heterocycles. The van der Waals surface area contributed by atoms with Crippen LogP contribution in [0.5, 0.6) is 0 Å². The number of benzene rings is 2. The second-order valence-electron chi connectivity index (χ2n) is 6.78. The molecule has 0 aliphatic heterocycles. The Morgan fingerprint density at radius 3 is 2.55 bits per heavy atom. The third kappa shape index (κ3) is 4.00. The first-order valence-corrected chi connectivity index (χ1v) is 10.0. The van der Waals surface area contributed by atoms with Crippen LogP contribution in [0, 0.1) is 0 Å². The molecular formula is C23H21ClN4O. The van der Waals surface area contributed by atoms with Crippen molar-refractivity contribution in [3.63, 3.8) is 0 Å². The highest BCUT2D eigenvalue weighted by atomic mass is 35.5. The molecule has 0 spiro atoms. The molecule has 146 valence electrons. The molecular weight excluding hydrogens is 384 g/mol. The zero-order valence-electron chi connectivity index (χ0n) is 16.1. The van der Waals surface area contributed by atoms with Crippen LogP contribution >= 0.6 is 11.6 Å². The third-order valence-electron chi connectivity index (χ3n) is 4.70. The fourth-order valence-electron chi connectivity index (χ4n) is 3.16. The van der Waals surface area contributed by atoms with Gasteiger partial charge in [-0.25, -0.2) is 9.50 Å². The topological polar surface area (TPSA) is 59.3 Å². The van der Waals surface area contributed by atoms with E-state index in [0.717, 1.165) is 29.7 Å². The van der Waals surface area contributed by atoms with Crippen LogP contribution in [0.2, 0.25) is 5.02 Å². The Kier molecular flexibility index (Phi) is 5.58. The average Bonchev–Trinajstić information content (AvgIpc) is 3.18. The highest BCUT2D eigenvalue weighted by molar-refractivity contribution is 6.33. The first-order chi connectivity index (χ1) is 14.2. The van der Waals surface area contributed by atoms with Crippen molar-refractivity contribution in [2.75, 3.05) is 6.54 Å². The Morgan fingerprint density at radius 1 is 1.03 bits per heavy atom. The van der Waals surface area contributed by atoms with Crippen molar-refractivity contribution in [1.82, 2.24) is 19.9 Å². The number of halogens is 1. The van der Waals surface area contributed by atoms with E-state index in [9.17, 15) is 4.79 Å². The molecule has 0 atom stereocenters. The summed E-state index contributed by atoms with van der Waals surface area (Å²) >= 11 is 6.38. The van der Waals surface area contributed by atoms with E-state index in [2.05, 4.69) is 17.3 Å². The zero-order chi connectivity index (χ0) is 20.2. The molecule has 29 heavy (non-hydrogen) atoms. The number of unbranched alkanes of at least 4 members (excludes halogenated alkanes) is 1. The largest absolute Gasteiger partial charge is 0.351 e. The Bertz CT molecular complexity index is 1150. The highest BCUT2D eigenvalue weighted by Gasteiger charge is 2.17. The second-order valence-corrected chi connectivity index (χ2v) is 7.19. The van der Waals surface area contributed by atoms with E-state index in [-0.39, 0.29) is 5.91 Å². The molecule has 6 heteroatoms. The van der Waals surface area contributed by atoms with E-state index in [0.29, 0.717) is 28.6 Å². The van der Waals surface area contributed by atoms with Gasteiger partial charge in [0.25, 0.3) is 5.91 Å². The van der Waals surface area contributed by atoms with Crippen molar-refractivity contribution < 1.29 is 4.79 Å².